The molecular weight excluding hydrogens is 432 g/mol. The Morgan fingerprint density at radius 3 is 2.03 bits per heavy atom. The van der Waals surface area contributed by atoms with Gasteiger partial charge in [-0.15, -0.1) is 0 Å². The van der Waals surface area contributed by atoms with Crippen molar-refractivity contribution < 1.29 is 18.9 Å². The van der Waals surface area contributed by atoms with Gasteiger partial charge >= 0.3 is 0 Å². The molecule has 8 heteroatoms. The fourth-order valence-electron chi connectivity index (χ4n) is 4.75. The van der Waals surface area contributed by atoms with Gasteiger partial charge in [0.25, 0.3) is 0 Å². The van der Waals surface area contributed by atoms with Crippen LogP contribution >= 0.6 is 0 Å². The van der Waals surface area contributed by atoms with Gasteiger partial charge in [0.2, 0.25) is 0 Å². The molecule has 0 radical (unpaired) electrons. The quantitative estimate of drug-likeness (QED) is 0.514. The number of hydrogen-bond donors (Lipinski definition) is 0. The highest BCUT2D eigenvalue weighted by molar-refractivity contribution is 5.92. The molecule has 0 amide bonds. The zero-order valence-electron chi connectivity index (χ0n) is 20.3. The number of benzene rings is 2. The van der Waals surface area contributed by atoms with Crippen molar-refractivity contribution >= 4 is 22.4 Å². The summed E-state index contributed by atoms with van der Waals surface area (Å²) >= 11 is 0. The molecule has 2 fully saturated rings. The van der Waals surface area contributed by atoms with Crippen LogP contribution in [0.3, 0.4) is 0 Å². The first-order chi connectivity index (χ1) is 16.6. The summed E-state index contributed by atoms with van der Waals surface area (Å²) in [5.41, 5.74) is 1.99. The first kappa shape index (κ1) is 22.4. The van der Waals surface area contributed by atoms with Crippen molar-refractivity contribution in [3.8, 4) is 23.0 Å². The van der Waals surface area contributed by atoms with E-state index < -0.39 is 0 Å². The lowest BCUT2D eigenvalue weighted by atomic mass is 9.85. The van der Waals surface area contributed by atoms with Gasteiger partial charge < -0.3 is 28.7 Å². The van der Waals surface area contributed by atoms with Crippen LogP contribution in [0.5, 0.6) is 23.0 Å². The van der Waals surface area contributed by atoms with Crippen molar-refractivity contribution in [2.45, 2.75) is 25.2 Å². The van der Waals surface area contributed by atoms with Crippen LogP contribution < -0.4 is 28.7 Å². The summed E-state index contributed by atoms with van der Waals surface area (Å²) in [4.78, 5) is 14.7. The second kappa shape index (κ2) is 9.44. The van der Waals surface area contributed by atoms with Gasteiger partial charge in [-0.25, -0.2) is 9.97 Å². The monoisotopic (exact) mass is 464 g/mol. The molecule has 0 unspecified atom stereocenters. The maximum Gasteiger partial charge on any atom is 0.162 e. The molecule has 0 N–H and O–H groups in total. The highest BCUT2D eigenvalue weighted by atomic mass is 16.5. The summed E-state index contributed by atoms with van der Waals surface area (Å²) < 4.78 is 22.1. The van der Waals surface area contributed by atoms with Gasteiger partial charge in [-0.3, -0.25) is 0 Å². The number of aromatic nitrogens is 2. The molecule has 1 saturated heterocycles. The van der Waals surface area contributed by atoms with Gasteiger partial charge in [0.15, 0.2) is 11.5 Å². The lowest BCUT2D eigenvalue weighted by Crippen LogP contribution is -2.47. The van der Waals surface area contributed by atoms with Crippen molar-refractivity contribution in [2.24, 2.45) is 0 Å². The van der Waals surface area contributed by atoms with E-state index in [1.54, 1.807) is 28.4 Å². The Balaban J connectivity index is 1.46. The Bertz CT molecular complexity index is 1170. The van der Waals surface area contributed by atoms with E-state index in [4.69, 9.17) is 28.9 Å². The number of fused-ring (bicyclic) bond motifs is 1. The maximum absolute atomic E-state index is 5.64. The van der Waals surface area contributed by atoms with E-state index >= 15 is 0 Å². The lowest BCUT2D eigenvalue weighted by Gasteiger charge is -2.38. The molecule has 2 aromatic carbocycles. The molecular formula is C26H32N4O4. The van der Waals surface area contributed by atoms with Crippen LogP contribution in [0.25, 0.3) is 10.9 Å². The molecule has 5 rings (SSSR count). The largest absolute Gasteiger partial charge is 0.497 e. The molecule has 0 spiro atoms. The number of methoxy groups -OCH3 is 4. The number of nitrogens with zero attached hydrogens (tertiary/aromatic N) is 4. The average Bonchev–Trinajstić information content (AvgIpc) is 2.86. The van der Waals surface area contributed by atoms with Gasteiger partial charge in [-0.05, 0) is 31.0 Å². The van der Waals surface area contributed by atoms with Crippen LogP contribution in [0.4, 0.5) is 11.5 Å². The maximum atomic E-state index is 5.64. The first-order valence-electron chi connectivity index (χ1n) is 11.8. The predicted octanol–water partition coefficient (Wildman–Crippen LogP) is 4.26. The Hall–Kier alpha value is -3.42. The summed E-state index contributed by atoms with van der Waals surface area (Å²) in [5.74, 6) is 5.37. The van der Waals surface area contributed by atoms with Gasteiger partial charge in [0.1, 0.15) is 23.1 Å². The van der Waals surface area contributed by atoms with Crippen LogP contribution in [-0.2, 0) is 0 Å². The van der Waals surface area contributed by atoms with E-state index in [9.17, 15) is 0 Å². The lowest BCUT2D eigenvalue weighted by molar-refractivity contribution is 0.355. The number of ether oxygens (including phenoxy) is 4. The summed E-state index contributed by atoms with van der Waals surface area (Å²) in [6, 6.07) is 9.96. The van der Waals surface area contributed by atoms with Crippen LogP contribution in [-0.4, -0.2) is 64.6 Å². The third kappa shape index (κ3) is 4.02. The highest BCUT2D eigenvalue weighted by Gasteiger charge is 2.27. The van der Waals surface area contributed by atoms with Crippen molar-refractivity contribution in [3.05, 3.63) is 36.2 Å². The summed E-state index contributed by atoms with van der Waals surface area (Å²) in [5, 5.41) is 0.996. The predicted molar refractivity (Wildman–Crippen MR) is 133 cm³/mol. The Morgan fingerprint density at radius 2 is 1.41 bits per heavy atom. The smallest absolute Gasteiger partial charge is 0.162 e. The van der Waals surface area contributed by atoms with Gasteiger partial charge in [-0.2, -0.15) is 0 Å². The molecule has 8 nitrogen and oxygen atoms in total. The highest BCUT2D eigenvalue weighted by Crippen LogP contribution is 2.40. The Morgan fingerprint density at radius 1 is 0.735 bits per heavy atom. The minimum absolute atomic E-state index is 0.445. The molecule has 1 aromatic heterocycles. The zero-order chi connectivity index (χ0) is 23.7. The fraction of sp³-hybridized carbons (Fsp3) is 0.462. The molecule has 3 aromatic rings. The summed E-state index contributed by atoms with van der Waals surface area (Å²) in [7, 11) is 6.69. The second-order valence-corrected chi connectivity index (χ2v) is 8.77. The van der Waals surface area contributed by atoms with E-state index in [-0.39, 0.29) is 0 Å². The average molecular weight is 465 g/mol. The molecule has 34 heavy (non-hydrogen) atoms. The van der Waals surface area contributed by atoms with Crippen molar-refractivity contribution in [1.29, 1.82) is 0 Å². The fourth-order valence-corrected chi connectivity index (χ4v) is 4.75. The standard InChI is InChI=1S/C26H32N4O4/c1-31-18-8-9-21(22(14-18)32-2)29-10-12-30(13-11-29)26-19-15-23(33-3)24(34-4)16-20(19)27-25(28-26)17-6-5-7-17/h8-9,14-17H,5-7,10-13H2,1-4H3. The van der Waals surface area contributed by atoms with Crippen molar-refractivity contribution in [1.82, 2.24) is 9.97 Å². The molecule has 2 aliphatic rings. The van der Waals surface area contributed by atoms with E-state index in [1.807, 2.05) is 24.3 Å². The molecule has 1 saturated carbocycles. The molecule has 0 atom stereocenters. The van der Waals surface area contributed by atoms with Crippen LogP contribution in [0.2, 0.25) is 0 Å². The van der Waals surface area contributed by atoms with E-state index in [2.05, 4.69) is 15.9 Å². The van der Waals surface area contributed by atoms with E-state index in [0.717, 1.165) is 78.8 Å². The van der Waals surface area contributed by atoms with Crippen molar-refractivity contribution in [3.63, 3.8) is 0 Å². The topological polar surface area (TPSA) is 69.2 Å². The normalized spacial score (nSPS) is 16.4. The second-order valence-electron chi connectivity index (χ2n) is 8.77. The summed E-state index contributed by atoms with van der Waals surface area (Å²) in [6.45, 7) is 3.42. The van der Waals surface area contributed by atoms with Crippen LogP contribution in [0.1, 0.15) is 31.0 Å². The minimum Gasteiger partial charge on any atom is -0.497 e. The van der Waals surface area contributed by atoms with E-state index in [1.165, 1.54) is 6.42 Å². The van der Waals surface area contributed by atoms with Crippen LogP contribution in [0, 0.1) is 0 Å². The number of hydrogen-bond acceptors (Lipinski definition) is 8. The van der Waals surface area contributed by atoms with Crippen molar-refractivity contribution in [2.75, 3.05) is 64.4 Å². The summed E-state index contributed by atoms with van der Waals surface area (Å²) in [6.07, 6.45) is 3.56. The van der Waals surface area contributed by atoms with E-state index in [0.29, 0.717) is 17.4 Å². The number of rotatable bonds is 7. The SMILES string of the molecule is COc1ccc(N2CCN(c3nc(C4CCC4)nc4cc(OC)c(OC)cc34)CC2)c(OC)c1. The molecule has 1 aliphatic carbocycles. The van der Waals surface area contributed by atoms with Gasteiger partial charge in [0, 0.05) is 49.6 Å². The molecule has 0 bridgehead atoms. The third-order valence-corrected chi connectivity index (χ3v) is 6.98. The molecule has 1 aliphatic heterocycles. The molecule has 2 heterocycles. The number of anilines is 2. The Kier molecular flexibility index (Phi) is 6.22. The third-order valence-electron chi connectivity index (χ3n) is 6.98. The first-order valence-corrected chi connectivity index (χ1v) is 11.8. The van der Waals surface area contributed by atoms with Gasteiger partial charge in [-0.1, -0.05) is 6.42 Å². The Labute approximate surface area is 200 Å². The van der Waals surface area contributed by atoms with Crippen LogP contribution in [0.15, 0.2) is 30.3 Å². The van der Waals surface area contributed by atoms with Gasteiger partial charge in [0.05, 0.1) is 39.6 Å². The molecule has 180 valence electrons. The number of piperazine rings is 1. The minimum atomic E-state index is 0.445. The zero-order valence-corrected chi connectivity index (χ0v) is 20.3.